The zero-order chi connectivity index (χ0) is 14.1. The van der Waals surface area contributed by atoms with Gasteiger partial charge in [0, 0.05) is 24.9 Å². The van der Waals surface area contributed by atoms with Gasteiger partial charge in [-0.3, -0.25) is 4.68 Å². The minimum Gasteiger partial charge on any atom is -0.461 e. The summed E-state index contributed by atoms with van der Waals surface area (Å²) in [5.41, 5.74) is 5.13. The van der Waals surface area contributed by atoms with Gasteiger partial charge in [-0.2, -0.15) is 5.10 Å². The van der Waals surface area contributed by atoms with Crippen LogP contribution in [0.25, 0.3) is 22.8 Å². The van der Waals surface area contributed by atoms with E-state index in [1.807, 2.05) is 26.2 Å². The Morgan fingerprint density at radius 2 is 2.20 bits per heavy atom. The molecule has 20 heavy (non-hydrogen) atoms. The fourth-order valence-corrected chi connectivity index (χ4v) is 1.93. The fraction of sp³-hybridized carbons (Fsp3) is 0.154. The van der Waals surface area contributed by atoms with Gasteiger partial charge in [0.2, 0.25) is 0 Å². The summed E-state index contributed by atoms with van der Waals surface area (Å²) >= 11 is 0. The van der Waals surface area contributed by atoms with Gasteiger partial charge in [0.05, 0.1) is 18.2 Å². The number of hydrazine groups is 1. The second kappa shape index (κ2) is 4.78. The van der Waals surface area contributed by atoms with Crippen molar-refractivity contribution in [3.63, 3.8) is 0 Å². The van der Waals surface area contributed by atoms with Gasteiger partial charge in [-0.15, -0.1) is 0 Å². The van der Waals surface area contributed by atoms with E-state index in [0.29, 0.717) is 17.4 Å². The molecule has 0 atom stereocenters. The Bertz CT molecular complexity index is 745. The average molecular weight is 270 g/mol. The number of hydrogen-bond acceptors (Lipinski definition) is 6. The number of nitrogens with zero attached hydrogens (tertiary/aromatic N) is 4. The second-order valence-corrected chi connectivity index (χ2v) is 4.44. The maximum Gasteiger partial charge on any atom is 0.198 e. The largest absolute Gasteiger partial charge is 0.461 e. The first-order chi connectivity index (χ1) is 9.67. The molecule has 0 saturated heterocycles. The van der Waals surface area contributed by atoms with Crippen molar-refractivity contribution in [2.24, 2.45) is 12.9 Å². The molecule has 0 amide bonds. The van der Waals surface area contributed by atoms with Gasteiger partial charge < -0.3 is 9.84 Å². The van der Waals surface area contributed by atoms with Gasteiger partial charge in [0.25, 0.3) is 0 Å². The van der Waals surface area contributed by atoms with Gasteiger partial charge in [-0.1, -0.05) is 0 Å². The number of nitrogen functional groups attached to an aromatic ring is 1. The standard InChI is InChI=1S/C13H14N6O/c1-8-3-4-20-12(8)13-16-10(5-11(17-13)18-14)9-6-15-19(2)7-9/h3-7H,14H2,1-2H3,(H,16,17,18). The molecule has 0 aromatic carbocycles. The molecule has 0 bridgehead atoms. The quantitative estimate of drug-likeness (QED) is 0.556. The van der Waals surface area contributed by atoms with Crippen molar-refractivity contribution in [3.05, 3.63) is 36.4 Å². The summed E-state index contributed by atoms with van der Waals surface area (Å²) in [6.45, 7) is 1.94. The van der Waals surface area contributed by atoms with Crippen molar-refractivity contribution in [2.75, 3.05) is 5.43 Å². The van der Waals surface area contributed by atoms with Gasteiger partial charge >= 0.3 is 0 Å². The average Bonchev–Trinajstić information content (AvgIpc) is 3.07. The molecule has 0 aliphatic carbocycles. The first kappa shape index (κ1) is 12.4. The van der Waals surface area contributed by atoms with E-state index in [1.165, 1.54) is 0 Å². The van der Waals surface area contributed by atoms with Crippen LogP contribution in [0.1, 0.15) is 5.56 Å². The van der Waals surface area contributed by atoms with E-state index in [4.69, 9.17) is 10.3 Å². The van der Waals surface area contributed by atoms with Crippen LogP contribution in [0.5, 0.6) is 0 Å². The Labute approximate surface area is 115 Å². The Kier molecular flexibility index (Phi) is 2.96. The lowest BCUT2D eigenvalue weighted by Crippen LogP contribution is -2.09. The van der Waals surface area contributed by atoms with Crippen molar-refractivity contribution in [1.29, 1.82) is 0 Å². The number of rotatable bonds is 3. The topological polar surface area (TPSA) is 94.8 Å². The van der Waals surface area contributed by atoms with Crippen LogP contribution >= 0.6 is 0 Å². The molecule has 0 fully saturated rings. The molecule has 3 aromatic heterocycles. The van der Waals surface area contributed by atoms with E-state index in [1.54, 1.807) is 23.2 Å². The Balaban J connectivity index is 2.15. The first-order valence-corrected chi connectivity index (χ1v) is 6.06. The van der Waals surface area contributed by atoms with Crippen molar-refractivity contribution < 1.29 is 4.42 Å². The highest BCUT2D eigenvalue weighted by molar-refractivity contribution is 5.65. The van der Waals surface area contributed by atoms with Gasteiger partial charge in [-0.25, -0.2) is 15.8 Å². The number of nitrogens with two attached hydrogens (primary N) is 1. The highest BCUT2D eigenvalue weighted by Crippen LogP contribution is 2.26. The molecular weight excluding hydrogens is 256 g/mol. The minimum absolute atomic E-state index is 0.488. The number of hydrogen-bond donors (Lipinski definition) is 2. The van der Waals surface area contributed by atoms with Gasteiger partial charge in [-0.05, 0) is 18.6 Å². The van der Waals surface area contributed by atoms with Crippen molar-refractivity contribution >= 4 is 5.82 Å². The zero-order valence-corrected chi connectivity index (χ0v) is 11.2. The van der Waals surface area contributed by atoms with Crippen molar-refractivity contribution in [2.45, 2.75) is 6.92 Å². The number of aromatic nitrogens is 4. The second-order valence-electron chi connectivity index (χ2n) is 4.44. The molecule has 3 rings (SSSR count). The monoisotopic (exact) mass is 270 g/mol. The Morgan fingerprint density at radius 3 is 2.80 bits per heavy atom. The summed E-state index contributed by atoms with van der Waals surface area (Å²) in [4.78, 5) is 8.83. The van der Waals surface area contributed by atoms with Crippen LogP contribution in [-0.2, 0) is 7.05 Å². The number of furan rings is 1. The summed E-state index contributed by atoms with van der Waals surface area (Å²) in [6.07, 6.45) is 5.23. The van der Waals surface area contributed by atoms with Crippen LogP contribution in [0.4, 0.5) is 5.82 Å². The fourth-order valence-electron chi connectivity index (χ4n) is 1.93. The molecule has 0 spiro atoms. The third-order valence-electron chi connectivity index (χ3n) is 2.94. The number of nitrogens with one attached hydrogen (secondary N) is 1. The third-order valence-corrected chi connectivity index (χ3v) is 2.94. The molecule has 0 radical (unpaired) electrons. The predicted octanol–water partition coefficient (Wildman–Crippen LogP) is 1.73. The van der Waals surface area contributed by atoms with E-state index in [-0.39, 0.29) is 0 Å². The maximum atomic E-state index is 5.47. The van der Waals surface area contributed by atoms with Crippen LogP contribution in [-0.4, -0.2) is 19.7 Å². The summed E-state index contributed by atoms with van der Waals surface area (Å²) in [7, 11) is 1.85. The lowest BCUT2D eigenvalue weighted by Gasteiger charge is -2.05. The number of anilines is 1. The van der Waals surface area contributed by atoms with Crippen LogP contribution < -0.4 is 11.3 Å². The van der Waals surface area contributed by atoms with Crippen molar-refractivity contribution in [1.82, 2.24) is 19.7 Å². The summed E-state index contributed by atoms with van der Waals surface area (Å²) < 4.78 is 7.14. The summed E-state index contributed by atoms with van der Waals surface area (Å²) in [6, 6.07) is 3.63. The third kappa shape index (κ3) is 2.14. The maximum absolute atomic E-state index is 5.47. The molecule has 0 aliphatic rings. The number of aryl methyl sites for hydroxylation is 2. The lowest BCUT2D eigenvalue weighted by molar-refractivity contribution is 0.576. The molecule has 0 unspecified atom stereocenters. The van der Waals surface area contributed by atoms with Gasteiger partial charge in [0.15, 0.2) is 11.6 Å². The first-order valence-electron chi connectivity index (χ1n) is 6.06. The molecule has 7 heteroatoms. The molecule has 3 N–H and O–H groups in total. The van der Waals surface area contributed by atoms with Gasteiger partial charge in [0.1, 0.15) is 5.82 Å². The molecule has 3 heterocycles. The van der Waals surface area contributed by atoms with E-state index in [0.717, 1.165) is 16.8 Å². The normalized spacial score (nSPS) is 10.8. The SMILES string of the molecule is Cc1ccoc1-c1nc(NN)cc(-c2cnn(C)c2)n1. The smallest absolute Gasteiger partial charge is 0.198 e. The molecule has 3 aromatic rings. The van der Waals surface area contributed by atoms with E-state index >= 15 is 0 Å². The molecule has 0 aliphatic heterocycles. The highest BCUT2D eigenvalue weighted by Gasteiger charge is 2.13. The minimum atomic E-state index is 0.488. The zero-order valence-electron chi connectivity index (χ0n) is 11.2. The molecule has 102 valence electrons. The predicted molar refractivity (Wildman–Crippen MR) is 74.5 cm³/mol. The van der Waals surface area contributed by atoms with Crippen LogP contribution in [0.3, 0.4) is 0 Å². The van der Waals surface area contributed by atoms with E-state index in [9.17, 15) is 0 Å². The Hall–Kier alpha value is -2.67. The molecular formula is C13H14N6O. The van der Waals surface area contributed by atoms with E-state index in [2.05, 4.69) is 20.5 Å². The van der Waals surface area contributed by atoms with Crippen molar-refractivity contribution in [3.8, 4) is 22.8 Å². The molecule has 7 nitrogen and oxygen atoms in total. The summed E-state index contributed by atoms with van der Waals surface area (Å²) in [5, 5.41) is 4.14. The van der Waals surface area contributed by atoms with E-state index < -0.39 is 0 Å². The van der Waals surface area contributed by atoms with Crippen LogP contribution in [0, 0.1) is 6.92 Å². The lowest BCUT2D eigenvalue weighted by atomic mass is 10.2. The summed E-state index contributed by atoms with van der Waals surface area (Å²) in [5.74, 6) is 7.11. The van der Waals surface area contributed by atoms with Crippen LogP contribution in [0.15, 0.2) is 35.2 Å². The molecule has 0 saturated carbocycles. The highest BCUT2D eigenvalue weighted by atomic mass is 16.3. The Morgan fingerprint density at radius 1 is 1.35 bits per heavy atom. The van der Waals surface area contributed by atoms with Crippen LogP contribution in [0.2, 0.25) is 0 Å².